The van der Waals surface area contributed by atoms with Crippen molar-refractivity contribution in [3.63, 3.8) is 0 Å². The van der Waals surface area contributed by atoms with E-state index in [-0.39, 0.29) is 5.57 Å². The second-order valence-corrected chi connectivity index (χ2v) is 10.9. The summed E-state index contributed by atoms with van der Waals surface area (Å²) in [6.45, 7) is 12.1. The minimum Gasteiger partial charge on any atom is -0.456 e. The third kappa shape index (κ3) is 8.64. The van der Waals surface area contributed by atoms with Crippen molar-refractivity contribution in [3.05, 3.63) is 44.5 Å². The van der Waals surface area contributed by atoms with Crippen LogP contribution in [0, 0.1) is 11.3 Å². The van der Waals surface area contributed by atoms with Gasteiger partial charge >= 0.3 is 5.97 Å². The lowest BCUT2D eigenvalue weighted by Crippen LogP contribution is -2.24. The summed E-state index contributed by atoms with van der Waals surface area (Å²) in [5.41, 5.74) is -0.613. The largest absolute Gasteiger partial charge is 0.456 e. The molecule has 0 bridgehead atoms. The monoisotopic (exact) mass is 470 g/mol. The highest BCUT2D eigenvalue weighted by Gasteiger charge is 2.20. The Hall–Kier alpha value is -2.36. The van der Waals surface area contributed by atoms with Crippen molar-refractivity contribution >= 4 is 51.9 Å². The van der Waals surface area contributed by atoms with Crippen LogP contribution in [0.3, 0.4) is 0 Å². The van der Waals surface area contributed by atoms with E-state index in [0.717, 1.165) is 22.8 Å². The molecule has 2 aromatic heterocycles. The Bertz CT molecular complexity index is 963. The van der Waals surface area contributed by atoms with Crippen molar-refractivity contribution in [1.82, 2.24) is 0 Å². The number of ether oxygens (including phenoxy) is 1. The van der Waals surface area contributed by atoms with E-state index in [2.05, 4.69) is 43.0 Å². The summed E-state index contributed by atoms with van der Waals surface area (Å²) in [6, 6.07) is 10.3. The van der Waals surface area contributed by atoms with Gasteiger partial charge in [0.15, 0.2) is 0 Å². The van der Waals surface area contributed by atoms with Gasteiger partial charge in [0.05, 0.1) is 5.00 Å². The molecule has 172 valence electrons. The van der Waals surface area contributed by atoms with Gasteiger partial charge in [-0.15, -0.1) is 22.7 Å². The summed E-state index contributed by atoms with van der Waals surface area (Å²) >= 11 is 3.36. The van der Waals surface area contributed by atoms with Gasteiger partial charge in [-0.25, -0.2) is 4.79 Å². The Morgan fingerprint density at radius 2 is 1.56 bits per heavy atom. The van der Waals surface area contributed by atoms with Gasteiger partial charge in [-0.3, -0.25) is 0 Å². The van der Waals surface area contributed by atoms with Crippen LogP contribution >= 0.6 is 22.7 Å². The van der Waals surface area contributed by atoms with E-state index in [9.17, 15) is 10.1 Å². The maximum Gasteiger partial charge on any atom is 0.349 e. The molecule has 2 heterocycles. The molecule has 0 N–H and O–H groups in total. The van der Waals surface area contributed by atoms with Crippen LogP contribution in [0.2, 0.25) is 0 Å². The lowest BCUT2D eigenvalue weighted by atomic mass is 10.2. The van der Waals surface area contributed by atoms with Crippen molar-refractivity contribution in [2.75, 3.05) is 18.0 Å². The molecule has 2 rings (SSSR count). The van der Waals surface area contributed by atoms with Gasteiger partial charge in [-0.1, -0.05) is 26.7 Å². The van der Waals surface area contributed by atoms with Crippen LogP contribution < -0.4 is 4.90 Å². The minimum absolute atomic E-state index is 0.0134. The maximum atomic E-state index is 12.2. The summed E-state index contributed by atoms with van der Waals surface area (Å²) in [7, 11) is 0. The summed E-state index contributed by atoms with van der Waals surface area (Å²) < 4.78 is 5.30. The predicted octanol–water partition coefficient (Wildman–Crippen LogP) is 7.64. The number of unbranched alkanes of at least 4 members (excludes halogenated alkanes) is 2. The van der Waals surface area contributed by atoms with E-state index in [1.54, 1.807) is 26.8 Å². The average molecular weight is 471 g/mol. The van der Waals surface area contributed by atoms with Crippen LogP contribution in [-0.4, -0.2) is 24.7 Å². The van der Waals surface area contributed by atoms with E-state index >= 15 is 0 Å². The highest BCUT2D eigenvalue weighted by atomic mass is 32.1. The number of nitriles is 1. The molecule has 4 nitrogen and oxygen atoms in total. The topological polar surface area (TPSA) is 53.3 Å². The standard InChI is InChI=1S/C26H34N2O2S2/c1-6-8-16-28(17-9-7-2)24-15-14-22(32-24)11-10-21-12-13-23(31-21)18-20(19-27)25(29)30-26(3,4)5/h10-15,18H,6-9,16-17H2,1-5H3. The number of rotatable bonds is 11. The zero-order valence-corrected chi connectivity index (χ0v) is 21.4. The first kappa shape index (κ1) is 25.9. The summed E-state index contributed by atoms with van der Waals surface area (Å²) in [6.07, 6.45) is 10.6. The Morgan fingerprint density at radius 3 is 2.12 bits per heavy atom. The number of hydrogen-bond acceptors (Lipinski definition) is 6. The molecular weight excluding hydrogens is 436 g/mol. The third-order valence-electron chi connectivity index (χ3n) is 4.57. The van der Waals surface area contributed by atoms with Crippen molar-refractivity contribution in [2.24, 2.45) is 0 Å². The summed E-state index contributed by atoms with van der Waals surface area (Å²) in [5.74, 6) is -0.590. The van der Waals surface area contributed by atoms with Gasteiger partial charge < -0.3 is 9.64 Å². The highest BCUT2D eigenvalue weighted by Crippen LogP contribution is 2.29. The first-order chi connectivity index (χ1) is 15.3. The summed E-state index contributed by atoms with van der Waals surface area (Å²) in [4.78, 5) is 17.8. The molecule has 0 aliphatic heterocycles. The number of hydrogen-bond donors (Lipinski definition) is 0. The number of nitrogens with zero attached hydrogens (tertiary/aromatic N) is 2. The van der Waals surface area contributed by atoms with Crippen LogP contribution in [0.4, 0.5) is 5.00 Å². The molecule has 0 radical (unpaired) electrons. The van der Waals surface area contributed by atoms with E-state index in [0.29, 0.717) is 0 Å². The molecular formula is C26H34N2O2S2. The Kier molecular flexibility index (Phi) is 10.2. The van der Waals surface area contributed by atoms with Crippen molar-refractivity contribution < 1.29 is 9.53 Å². The maximum absolute atomic E-state index is 12.2. The summed E-state index contributed by atoms with van der Waals surface area (Å²) in [5, 5.41) is 10.7. The molecule has 0 fully saturated rings. The molecule has 0 atom stereocenters. The van der Waals surface area contributed by atoms with Gasteiger partial charge in [0.25, 0.3) is 0 Å². The highest BCUT2D eigenvalue weighted by molar-refractivity contribution is 7.17. The van der Waals surface area contributed by atoms with Crippen LogP contribution in [0.25, 0.3) is 18.2 Å². The lowest BCUT2D eigenvalue weighted by molar-refractivity contribution is -0.149. The molecule has 2 aromatic rings. The fourth-order valence-electron chi connectivity index (χ4n) is 2.94. The third-order valence-corrected chi connectivity index (χ3v) is 6.68. The fraction of sp³-hybridized carbons (Fsp3) is 0.462. The second kappa shape index (κ2) is 12.6. The van der Waals surface area contributed by atoms with E-state index < -0.39 is 11.6 Å². The smallest absolute Gasteiger partial charge is 0.349 e. The fourth-order valence-corrected chi connectivity index (χ4v) is 4.76. The van der Waals surface area contributed by atoms with Gasteiger partial charge in [0, 0.05) is 27.7 Å². The zero-order valence-electron chi connectivity index (χ0n) is 19.8. The molecule has 0 spiro atoms. The first-order valence-electron chi connectivity index (χ1n) is 11.2. The van der Waals surface area contributed by atoms with Gasteiger partial charge in [-0.05, 0) is 76.1 Å². The average Bonchev–Trinajstić information content (AvgIpc) is 3.38. The number of esters is 1. The van der Waals surface area contributed by atoms with Gasteiger partial charge in [-0.2, -0.15) is 5.26 Å². The molecule has 0 amide bonds. The van der Waals surface area contributed by atoms with Gasteiger partial charge in [0.1, 0.15) is 17.2 Å². The number of carbonyl (C=O) groups excluding carboxylic acids is 1. The molecule has 0 aliphatic carbocycles. The van der Waals surface area contributed by atoms with Crippen molar-refractivity contribution in [3.8, 4) is 6.07 Å². The zero-order chi connectivity index (χ0) is 23.6. The number of thiophene rings is 2. The number of anilines is 1. The van der Waals surface area contributed by atoms with E-state index in [4.69, 9.17) is 4.74 Å². The van der Waals surface area contributed by atoms with Crippen LogP contribution in [0.15, 0.2) is 29.8 Å². The van der Waals surface area contributed by atoms with E-state index in [1.807, 2.05) is 29.5 Å². The van der Waals surface area contributed by atoms with Gasteiger partial charge in [0.2, 0.25) is 0 Å². The normalized spacial score (nSPS) is 12.2. The minimum atomic E-state index is -0.626. The quantitative estimate of drug-likeness (QED) is 0.192. The van der Waals surface area contributed by atoms with Crippen molar-refractivity contribution in [2.45, 2.75) is 65.9 Å². The Balaban J connectivity index is 2.08. The van der Waals surface area contributed by atoms with Crippen LogP contribution in [-0.2, 0) is 9.53 Å². The molecule has 0 unspecified atom stereocenters. The Labute approximate surface area is 200 Å². The molecule has 0 saturated carbocycles. The molecule has 0 aliphatic rings. The second-order valence-electron chi connectivity index (χ2n) is 8.62. The molecule has 6 heteroatoms. The van der Waals surface area contributed by atoms with Crippen LogP contribution in [0.1, 0.15) is 74.9 Å². The van der Waals surface area contributed by atoms with E-state index in [1.165, 1.54) is 46.9 Å². The molecule has 0 aromatic carbocycles. The lowest BCUT2D eigenvalue weighted by Gasteiger charge is -2.22. The van der Waals surface area contributed by atoms with Crippen LogP contribution in [0.5, 0.6) is 0 Å². The predicted molar refractivity (Wildman–Crippen MR) is 139 cm³/mol. The Morgan fingerprint density at radius 1 is 1.00 bits per heavy atom. The first-order valence-corrected chi connectivity index (χ1v) is 12.9. The molecule has 32 heavy (non-hydrogen) atoms. The molecule has 0 saturated heterocycles. The van der Waals surface area contributed by atoms with Crippen molar-refractivity contribution in [1.29, 1.82) is 5.26 Å². The number of carbonyl (C=O) groups is 1. The SMILES string of the molecule is CCCCN(CCCC)c1ccc(C=Cc2ccc(C=C(C#N)C(=O)OC(C)(C)C)s2)s1.